The molecule has 0 radical (unpaired) electrons. The zero-order chi connectivity index (χ0) is 10.1. The minimum absolute atomic E-state index is 0.389. The smallest absolute Gasteiger partial charge is 0.273 e. The number of ether oxygens (including phenoxy) is 1. The highest BCUT2D eigenvalue weighted by Crippen LogP contribution is 2.12. The quantitative estimate of drug-likeness (QED) is 0.711. The van der Waals surface area contributed by atoms with Gasteiger partial charge in [0.1, 0.15) is 6.33 Å². The third-order valence-corrected chi connectivity index (χ3v) is 2.36. The second-order valence-electron chi connectivity index (χ2n) is 3.42. The predicted octanol–water partition coefficient (Wildman–Crippen LogP) is 0.191. The van der Waals surface area contributed by atoms with Gasteiger partial charge >= 0.3 is 0 Å². The molecule has 1 aliphatic heterocycles. The molecule has 1 aliphatic rings. The molecule has 1 N–H and O–H groups in total. The van der Waals surface area contributed by atoms with Crippen molar-refractivity contribution in [1.82, 2.24) is 24.8 Å². The Morgan fingerprint density at radius 3 is 3.47 bits per heavy atom. The van der Waals surface area contributed by atoms with Crippen LogP contribution in [0.5, 0.6) is 0 Å². The zero-order valence-electron chi connectivity index (χ0n) is 8.00. The summed E-state index contributed by atoms with van der Waals surface area (Å²) in [5, 5.41) is 10.6. The fraction of sp³-hybridized carbons (Fsp3) is 0.500. The van der Waals surface area contributed by atoms with Crippen LogP contribution in [0.3, 0.4) is 0 Å². The lowest BCUT2D eigenvalue weighted by Crippen LogP contribution is -1.99. The van der Waals surface area contributed by atoms with E-state index in [-0.39, 0.29) is 0 Å². The summed E-state index contributed by atoms with van der Waals surface area (Å²) in [4.78, 5) is 8.22. The molecule has 7 nitrogen and oxygen atoms in total. The number of hydrogen-bond donors (Lipinski definition) is 1. The molecule has 0 aliphatic carbocycles. The van der Waals surface area contributed by atoms with Gasteiger partial charge in [0.2, 0.25) is 0 Å². The van der Waals surface area contributed by atoms with Crippen LogP contribution in [-0.4, -0.2) is 44.2 Å². The third-order valence-electron chi connectivity index (χ3n) is 2.36. The molecule has 0 aromatic carbocycles. The Morgan fingerprint density at radius 1 is 1.60 bits per heavy atom. The number of aromatic nitrogens is 5. The molecule has 0 spiro atoms. The van der Waals surface area contributed by atoms with Crippen molar-refractivity contribution in [2.24, 2.45) is 10.9 Å². The molecule has 78 valence electrons. The van der Waals surface area contributed by atoms with Crippen LogP contribution in [0.1, 0.15) is 6.42 Å². The third kappa shape index (κ3) is 1.50. The van der Waals surface area contributed by atoms with E-state index in [2.05, 4.69) is 25.3 Å². The van der Waals surface area contributed by atoms with E-state index in [1.807, 2.05) is 6.21 Å². The predicted molar refractivity (Wildman–Crippen MR) is 52.2 cm³/mol. The highest BCUT2D eigenvalue weighted by atomic mass is 16.5. The van der Waals surface area contributed by atoms with Crippen molar-refractivity contribution >= 4 is 17.9 Å². The van der Waals surface area contributed by atoms with Crippen molar-refractivity contribution in [1.29, 1.82) is 0 Å². The van der Waals surface area contributed by atoms with Crippen LogP contribution in [0.4, 0.5) is 5.95 Å². The Labute approximate surface area is 85.2 Å². The first-order chi connectivity index (χ1) is 7.43. The Bertz CT molecular complexity index is 480. The lowest BCUT2D eigenvalue weighted by atomic mass is 10.1. The molecule has 1 atom stereocenters. The normalized spacial score (nSPS) is 22.0. The van der Waals surface area contributed by atoms with Crippen LogP contribution in [0.2, 0.25) is 0 Å². The second kappa shape index (κ2) is 3.43. The number of fused-ring (bicyclic) bond motifs is 1. The molecule has 0 unspecified atom stereocenters. The van der Waals surface area contributed by atoms with Crippen LogP contribution in [0, 0.1) is 5.92 Å². The lowest BCUT2D eigenvalue weighted by Gasteiger charge is -1.95. The first-order valence-electron chi connectivity index (χ1n) is 4.80. The summed E-state index contributed by atoms with van der Waals surface area (Å²) >= 11 is 0. The molecule has 1 saturated heterocycles. The first kappa shape index (κ1) is 8.54. The average Bonchev–Trinajstić information content (AvgIpc) is 2.93. The number of nitrogens with one attached hydrogen (secondary N) is 1. The van der Waals surface area contributed by atoms with E-state index in [9.17, 15) is 0 Å². The molecule has 0 saturated carbocycles. The number of aromatic amines is 1. The second-order valence-corrected chi connectivity index (χ2v) is 3.42. The maximum absolute atomic E-state index is 5.25. The number of rotatable bonds is 2. The van der Waals surface area contributed by atoms with Crippen molar-refractivity contribution in [3.8, 4) is 0 Å². The van der Waals surface area contributed by atoms with Crippen molar-refractivity contribution in [2.45, 2.75) is 6.42 Å². The van der Waals surface area contributed by atoms with Crippen molar-refractivity contribution in [2.75, 3.05) is 13.2 Å². The summed E-state index contributed by atoms with van der Waals surface area (Å²) in [5.74, 6) is 1.44. The summed E-state index contributed by atoms with van der Waals surface area (Å²) in [7, 11) is 0. The summed E-state index contributed by atoms with van der Waals surface area (Å²) < 4.78 is 6.88. The van der Waals surface area contributed by atoms with Crippen LogP contribution in [0.25, 0.3) is 5.78 Å². The van der Waals surface area contributed by atoms with E-state index in [1.54, 1.807) is 10.8 Å². The van der Waals surface area contributed by atoms with Gasteiger partial charge in [-0.05, 0) is 6.42 Å². The van der Waals surface area contributed by atoms with Crippen LogP contribution >= 0.6 is 0 Å². The Morgan fingerprint density at radius 2 is 2.60 bits per heavy atom. The van der Waals surface area contributed by atoms with E-state index in [4.69, 9.17) is 4.74 Å². The SMILES string of the molecule is C(=Nc1nnc2nc[nH]n12)[C@@H]1CCOC1. The fourth-order valence-electron chi connectivity index (χ4n) is 1.54. The Kier molecular flexibility index (Phi) is 1.95. The van der Waals surface area contributed by atoms with Crippen LogP contribution < -0.4 is 0 Å². The average molecular weight is 206 g/mol. The van der Waals surface area contributed by atoms with E-state index in [1.165, 1.54) is 0 Å². The standard InChI is InChI=1S/C8H10N6O/c1-2-15-4-6(1)3-9-7-12-13-8-10-5-11-14(7)8/h3,5-6H,1-2,4H2,(H,10,11,13)/t6-/m0/s1. The van der Waals surface area contributed by atoms with Crippen molar-refractivity contribution in [3.63, 3.8) is 0 Å². The van der Waals surface area contributed by atoms with Gasteiger partial charge in [-0.15, -0.1) is 10.2 Å². The van der Waals surface area contributed by atoms with E-state index in [0.29, 0.717) is 17.6 Å². The van der Waals surface area contributed by atoms with Gasteiger partial charge in [0, 0.05) is 18.7 Å². The Balaban J connectivity index is 1.85. The maximum Gasteiger partial charge on any atom is 0.273 e. The molecule has 15 heavy (non-hydrogen) atoms. The summed E-state index contributed by atoms with van der Waals surface area (Å²) in [6.45, 7) is 1.56. The van der Waals surface area contributed by atoms with Gasteiger partial charge in [-0.2, -0.15) is 9.50 Å². The van der Waals surface area contributed by atoms with Gasteiger partial charge in [-0.1, -0.05) is 0 Å². The molecule has 2 aromatic heterocycles. The molecule has 3 heterocycles. The van der Waals surface area contributed by atoms with Gasteiger partial charge in [0.05, 0.1) is 6.61 Å². The molecular formula is C8H10N6O. The summed E-state index contributed by atoms with van der Waals surface area (Å²) in [6, 6.07) is 0. The Hall–Kier alpha value is -1.76. The van der Waals surface area contributed by atoms with Gasteiger partial charge < -0.3 is 4.74 Å². The van der Waals surface area contributed by atoms with E-state index < -0.39 is 0 Å². The first-order valence-corrected chi connectivity index (χ1v) is 4.80. The maximum atomic E-state index is 5.25. The highest BCUT2D eigenvalue weighted by molar-refractivity contribution is 5.64. The number of H-pyrrole nitrogens is 1. The molecule has 0 bridgehead atoms. The van der Waals surface area contributed by atoms with Crippen molar-refractivity contribution in [3.05, 3.63) is 6.33 Å². The molecule has 2 aromatic rings. The van der Waals surface area contributed by atoms with E-state index in [0.717, 1.165) is 19.6 Å². The molecular weight excluding hydrogens is 196 g/mol. The number of hydrogen-bond acceptors (Lipinski definition) is 5. The monoisotopic (exact) mass is 206 g/mol. The lowest BCUT2D eigenvalue weighted by molar-refractivity contribution is 0.193. The number of nitrogens with zero attached hydrogens (tertiary/aromatic N) is 5. The fourth-order valence-corrected chi connectivity index (χ4v) is 1.54. The largest absolute Gasteiger partial charge is 0.381 e. The van der Waals surface area contributed by atoms with Crippen LogP contribution in [-0.2, 0) is 4.74 Å². The summed E-state index contributed by atoms with van der Waals surface area (Å²) in [5.41, 5.74) is 0. The molecule has 0 amide bonds. The van der Waals surface area contributed by atoms with E-state index >= 15 is 0 Å². The summed E-state index contributed by atoms with van der Waals surface area (Å²) in [6.07, 6.45) is 4.44. The van der Waals surface area contributed by atoms with Gasteiger partial charge in [-0.3, -0.25) is 5.10 Å². The topological polar surface area (TPSA) is 80.5 Å². The van der Waals surface area contributed by atoms with Gasteiger partial charge in [-0.25, -0.2) is 4.99 Å². The molecule has 7 heteroatoms. The van der Waals surface area contributed by atoms with Crippen molar-refractivity contribution < 1.29 is 4.74 Å². The highest BCUT2D eigenvalue weighted by Gasteiger charge is 2.13. The minimum atomic E-state index is 0.389. The van der Waals surface area contributed by atoms with Gasteiger partial charge in [0.15, 0.2) is 0 Å². The van der Waals surface area contributed by atoms with Crippen LogP contribution in [0.15, 0.2) is 11.3 Å². The molecule has 1 fully saturated rings. The zero-order valence-corrected chi connectivity index (χ0v) is 8.00. The molecule has 3 rings (SSSR count). The number of aliphatic imine (C=N–C) groups is 1. The minimum Gasteiger partial charge on any atom is -0.381 e. The van der Waals surface area contributed by atoms with Gasteiger partial charge in [0.25, 0.3) is 11.7 Å².